The average Bonchev–Trinajstić information content (AvgIpc) is 2.57. The van der Waals surface area contributed by atoms with Gasteiger partial charge in [-0.2, -0.15) is 43.8 Å². The molecule has 0 rings (SSSR count). The van der Waals surface area contributed by atoms with Crippen LogP contribution in [-0.4, -0.2) is 122 Å². The Morgan fingerprint density at radius 3 is 1.76 bits per heavy atom. The molecule has 0 amide bonds. The molecule has 20 heteroatoms. The SMILES string of the molecule is C[N+](C)(CCO)CCCN(CC(O)CS(=O)(=O)[O-])S(=O)(=O)C(F)(F)C(F)(F)C(F)(F)C(F)(F)F. The van der Waals surface area contributed by atoms with Crippen molar-refractivity contribution in [1.82, 2.24) is 4.31 Å². The summed E-state index contributed by atoms with van der Waals surface area (Å²) in [6.07, 6.45) is -10.5. The van der Waals surface area contributed by atoms with Crippen molar-refractivity contribution in [2.24, 2.45) is 0 Å². The number of halogens is 9. The minimum absolute atomic E-state index is 0.00976. The molecule has 0 bridgehead atoms. The third-order valence-electron chi connectivity index (χ3n) is 4.47. The first kappa shape index (κ1) is 33.1. The number of hydrogen-bond acceptors (Lipinski definition) is 7. The Hall–Kier alpha value is -0.930. The molecule has 0 aromatic carbocycles. The molecule has 0 aromatic rings. The van der Waals surface area contributed by atoms with E-state index < -0.39 is 85.7 Å². The number of nitrogens with zero attached hydrogens (tertiary/aromatic N) is 2. The van der Waals surface area contributed by atoms with E-state index in [1.54, 1.807) is 0 Å². The summed E-state index contributed by atoms with van der Waals surface area (Å²) in [6, 6.07) is 0. The normalized spacial score (nSPS) is 16.2. The molecular formula is C14H23F9N2O7S2. The standard InChI is InChI=1S/C14H23F9N2O7S2/c1-25(2,6-7-26)5-3-4-24(8-10(27)9-33(28,29)30)34(31,32)14(22,23)12(17,18)11(15,16)13(19,20)21/h10,26-27H,3-9H2,1-2H3. The number of hydrogen-bond donors (Lipinski definition) is 2. The average molecular weight is 566 g/mol. The van der Waals surface area contributed by atoms with Crippen molar-refractivity contribution >= 4 is 20.1 Å². The molecule has 0 saturated heterocycles. The Morgan fingerprint density at radius 1 is 0.912 bits per heavy atom. The third kappa shape index (κ3) is 7.53. The molecule has 0 aliphatic rings. The van der Waals surface area contributed by atoms with Crippen LogP contribution in [0.1, 0.15) is 6.42 Å². The Morgan fingerprint density at radius 2 is 1.38 bits per heavy atom. The predicted octanol–water partition coefficient (Wildman–Crippen LogP) is 0.409. The molecule has 0 aromatic heterocycles. The van der Waals surface area contributed by atoms with Gasteiger partial charge in [0, 0.05) is 19.5 Å². The van der Waals surface area contributed by atoms with E-state index in [-0.39, 0.29) is 17.6 Å². The second-order valence-electron chi connectivity index (χ2n) is 7.86. The molecule has 0 saturated carbocycles. The van der Waals surface area contributed by atoms with Crippen molar-refractivity contribution in [3.8, 4) is 0 Å². The molecule has 1 atom stereocenters. The van der Waals surface area contributed by atoms with Crippen LogP contribution in [0.5, 0.6) is 0 Å². The molecule has 1 unspecified atom stereocenters. The second kappa shape index (κ2) is 10.6. The molecular weight excluding hydrogens is 543 g/mol. The van der Waals surface area contributed by atoms with Crippen LogP contribution in [0.15, 0.2) is 0 Å². The Labute approximate surface area is 189 Å². The Balaban J connectivity index is 6.29. The van der Waals surface area contributed by atoms with E-state index in [4.69, 9.17) is 5.11 Å². The van der Waals surface area contributed by atoms with Gasteiger partial charge in [-0.3, -0.25) is 0 Å². The molecule has 0 heterocycles. The van der Waals surface area contributed by atoms with Gasteiger partial charge in [-0.05, 0) is 0 Å². The van der Waals surface area contributed by atoms with Crippen LogP contribution in [-0.2, 0) is 20.1 Å². The second-order valence-corrected chi connectivity index (χ2v) is 11.3. The van der Waals surface area contributed by atoms with Gasteiger partial charge in [0.1, 0.15) is 6.54 Å². The van der Waals surface area contributed by atoms with Crippen LogP contribution < -0.4 is 0 Å². The number of sulfonamides is 1. The summed E-state index contributed by atoms with van der Waals surface area (Å²) in [4.78, 5) is 0. The van der Waals surface area contributed by atoms with Crippen molar-refractivity contribution in [1.29, 1.82) is 0 Å². The Kier molecular flexibility index (Phi) is 10.3. The van der Waals surface area contributed by atoms with E-state index in [1.165, 1.54) is 14.1 Å². The number of aliphatic hydroxyl groups is 2. The van der Waals surface area contributed by atoms with Gasteiger partial charge < -0.3 is 19.2 Å². The van der Waals surface area contributed by atoms with Crippen LogP contribution in [0.4, 0.5) is 39.5 Å². The van der Waals surface area contributed by atoms with Gasteiger partial charge in [0.05, 0.1) is 49.2 Å². The molecule has 0 spiro atoms. The maximum atomic E-state index is 14.2. The van der Waals surface area contributed by atoms with E-state index >= 15 is 0 Å². The van der Waals surface area contributed by atoms with Crippen LogP contribution in [0.3, 0.4) is 0 Å². The molecule has 34 heavy (non-hydrogen) atoms. The van der Waals surface area contributed by atoms with Gasteiger partial charge in [0.2, 0.25) is 0 Å². The van der Waals surface area contributed by atoms with Gasteiger partial charge >= 0.3 is 23.3 Å². The van der Waals surface area contributed by atoms with E-state index in [1.807, 2.05) is 0 Å². The summed E-state index contributed by atoms with van der Waals surface area (Å²) in [6.45, 7) is -3.69. The summed E-state index contributed by atoms with van der Waals surface area (Å²) in [7, 11) is -9.59. The van der Waals surface area contributed by atoms with Crippen molar-refractivity contribution < 1.29 is 75.6 Å². The highest BCUT2D eigenvalue weighted by atomic mass is 32.2. The highest BCUT2D eigenvalue weighted by Gasteiger charge is 2.85. The molecule has 0 radical (unpaired) electrons. The molecule has 9 nitrogen and oxygen atoms in total. The lowest BCUT2D eigenvalue weighted by molar-refractivity contribution is -0.890. The topological polar surface area (TPSA) is 135 Å². The summed E-state index contributed by atoms with van der Waals surface area (Å²) >= 11 is 0. The van der Waals surface area contributed by atoms with E-state index in [0.29, 0.717) is 0 Å². The maximum absolute atomic E-state index is 14.2. The monoisotopic (exact) mass is 566 g/mol. The zero-order chi connectivity index (χ0) is 27.6. The largest absolute Gasteiger partial charge is 0.748 e. The highest BCUT2D eigenvalue weighted by molar-refractivity contribution is 7.90. The van der Waals surface area contributed by atoms with Crippen LogP contribution in [0, 0.1) is 0 Å². The number of alkyl halides is 9. The quantitative estimate of drug-likeness (QED) is 0.177. The van der Waals surface area contributed by atoms with Crippen LogP contribution >= 0.6 is 0 Å². The molecule has 0 aliphatic carbocycles. The number of likely N-dealkylation sites (N-methyl/N-ethyl adjacent to an activating group) is 1. The van der Waals surface area contributed by atoms with Gasteiger partial charge in [0.25, 0.3) is 10.0 Å². The van der Waals surface area contributed by atoms with E-state index in [9.17, 15) is 66.0 Å². The van der Waals surface area contributed by atoms with Gasteiger partial charge in [-0.1, -0.05) is 0 Å². The fourth-order valence-corrected chi connectivity index (χ4v) is 4.67. The van der Waals surface area contributed by atoms with Gasteiger partial charge in [-0.25, -0.2) is 16.8 Å². The number of aliphatic hydroxyl groups excluding tert-OH is 2. The fraction of sp³-hybridized carbons (Fsp3) is 1.00. The summed E-state index contributed by atoms with van der Waals surface area (Å²) in [5.74, 6) is -16.9. The zero-order valence-corrected chi connectivity index (χ0v) is 19.2. The Bertz CT molecular complexity index is 894. The third-order valence-corrected chi connectivity index (χ3v) is 7.18. The molecule has 0 fully saturated rings. The predicted molar refractivity (Wildman–Crippen MR) is 95.5 cm³/mol. The first-order chi connectivity index (χ1) is 14.8. The summed E-state index contributed by atoms with van der Waals surface area (Å²) < 4.78 is 174. The minimum Gasteiger partial charge on any atom is -0.748 e. The van der Waals surface area contributed by atoms with Gasteiger partial charge in [0.15, 0.2) is 0 Å². The maximum Gasteiger partial charge on any atom is 0.460 e. The lowest BCUT2D eigenvalue weighted by Crippen LogP contribution is -2.65. The minimum atomic E-state index is -7.53. The molecule has 2 N–H and O–H groups in total. The number of rotatable bonds is 14. The van der Waals surface area contributed by atoms with Crippen molar-refractivity contribution in [3.05, 3.63) is 0 Å². The first-order valence-corrected chi connectivity index (χ1v) is 12.0. The van der Waals surface area contributed by atoms with Crippen LogP contribution in [0.2, 0.25) is 0 Å². The summed E-state index contributed by atoms with van der Waals surface area (Å²) in [5.41, 5.74) is 0. The van der Waals surface area contributed by atoms with E-state index in [2.05, 4.69) is 0 Å². The van der Waals surface area contributed by atoms with E-state index in [0.717, 1.165) is 0 Å². The van der Waals surface area contributed by atoms with Crippen molar-refractivity contribution in [3.63, 3.8) is 0 Å². The molecule has 0 aliphatic heterocycles. The highest BCUT2D eigenvalue weighted by Crippen LogP contribution is 2.55. The molecule has 206 valence electrons. The van der Waals surface area contributed by atoms with Gasteiger partial charge in [-0.15, -0.1) is 0 Å². The lowest BCUT2D eigenvalue weighted by Gasteiger charge is -2.36. The lowest BCUT2D eigenvalue weighted by atomic mass is 10.1. The smallest absolute Gasteiger partial charge is 0.460 e. The first-order valence-electron chi connectivity index (χ1n) is 9.01. The van der Waals surface area contributed by atoms with Crippen molar-refractivity contribution in [2.45, 2.75) is 35.8 Å². The van der Waals surface area contributed by atoms with Crippen LogP contribution in [0.25, 0.3) is 0 Å². The fourth-order valence-electron chi connectivity index (χ4n) is 2.58. The van der Waals surface area contributed by atoms with Crippen molar-refractivity contribution in [2.75, 3.05) is 52.6 Å². The number of quaternary nitrogens is 1. The summed E-state index contributed by atoms with van der Waals surface area (Å²) in [5, 5.41) is 11.4. The zero-order valence-electron chi connectivity index (χ0n) is 17.6.